The molecule has 0 bridgehead atoms. The van der Waals surface area contributed by atoms with Crippen LogP contribution >= 0.6 is 0 Å². The largest absolute Gasteiger partial charge is 0.391 e. The average Bonchev–Trinajstić information content (AvgIpc) is 3.28. The zero-order valence-corrected chi connectivity index (χ0v) is 14.1. The van der Waals surface area contributed by atoms with Gasteiger partial charge in [-0.2, -0.15) is 5.10 Å². The molecule has 1 aliphatic rings. The molecule has 2 atom stereocenters. The molecule has 1 N–H and O–H groups in total. The van der Waals surface area contributed by atoms with E-state index in [9.17, 15) is 9.90 Å². The highest BCUT2D eigenvalue weighted by atomic mass is 16.5. The lowest BCUT2D eigenvalue weighted by atomic mass is 10.0. The number of likely N-dealkylation sites (tertiary alicyclic amines) is 1. The van der Waals surface area contributed by atoms with E-state index in [4.69, 9.17) is 4.52 Å². The van der Waals surface area contributed by atoms with Crippen LogP contribution in [-0.2, 0) is 13.5 Å². The fraction of sp³-hybridized carbons (Fsp3) is 0.412. The maximum Gasteiger partial charge on any atom is 0.255 e. The van der Waals surface area contributed by atoms with Gasteiger partial charge in [-0.25, -0.2) is 0 Å². The molecule has 0 unspecified atom stereocenters. The lowest BCUT2D eigenvalue weighted by molar-refractivity contribution is 0.0764. The van der Waals surface area contributed by atoms with Gasteiger partial charge in [0.15, 0.2) is 0 Å². The third-order valence-corrected chi connectivity index (χ3v) is 4.68. The van der Waals surface area contributed by atoms with E-state index in [1.807, 2.05) is 20.0 Å². The molecule has 4 heterocycles. The molecule has 1 aliphatic heterocycles. The Morgan fingerprint density at radius 2 is 2.20 bits per heavy atom. The van der Waals surface area contributed by atoms with Crippen molar-refractivity contribution in [3.63, 3.8) is 0 Å². The van der Waals surface area contributed by atoms with Gasteiger partial charge in [0.25, 0.3) is 5.91 Å². The molecule has 4 rings (SSSR count). The van der Waals surface area contributed by atoms with Crippen LogP contribution in [0.15, 0.2) is 29.0 Å². The van der Waals surface area contributed by atoms with Crippen LogP contribution in [0.3, 0.4) is 0 Å². The van der Waals surface area contributed by atoms with Crippen molar-refractivity contribution in [2.75, 3.05) is 13.1 Å². The molecule has 0 saturated carbocycles. The van der Waals surface area contributed by atoms with E-state index in [-0.39, 0.29) is 11.8 Å². The molecule has 0 radical (unpaired) electrons. The molecule has 1 fully saturated rings. The zero-order valence-electron chi connectivity index (χ0n) is 14.1. The van der Waals surface area contributed by atoms with Crippen molar-refractivity contribution in [2.45, 2.75) is 19.4 Å². The van der Waals surface area contributed by atoms with E-state index in [0.717, 1.165) is 22.5 Å². The Hall–Kier alpha value is -2.74. The van der Waals surface area contributed by atoms with Crippen LogP contribution in [-0.4, -0.2) is 55.0 Å². The number of aliphatic hydroxyl groups excluding tert-OH is 1. The van der Waals surface area contributed by atoms with E-state index >= 15 is 0 Å². The first kappa shape index (κ1) is 15.8. The molecule has 0 spiro atoms. The van der Waals surface area contributed by atoms with Gasteiger partial charge in [0, 0.05) is 44.7 Å². The summed E-state index contributed by atoms with van der Waals surface area (Å²) in [5, 5.41) is 18.3. The van der Waals surface area contributed by atoms with Crippen molar-refractivity contribution in [3.05, 3.63) is 41.5 Å². The predicted octanol–water partition coefficient (Wildman–Crippen LogP) is 0.940. The van der Waals surface area contributed by atoms with Crippen molar-refractivity contribution in [1.82, 2.24) is 24.8 Å². The minimum absolute atomic E-state index is 0.0651. The summed E-state index contributed by atoms with van der Waals surface area (Å²) in [6.07, 6.45) is 3.21. The molecule has 0 aromatic carbocycles. The molecule has 1 amide bonds. The van der Waals surface area contributed by atoms with Gasteiger partial charge >= 0.3 is 0 Å². The lowest BCUT2D eigenvalue weighted by Gasteiger charge is -2.15. The number of amides is 1. The van der Waals surface area contributed by atoms with Gasteiger partial charge in [-0.1, -0.05) is 5.16 Å². The standard InChI is InChI=1S/C17H19N5O3/c1-10-3-13(25-20-10)4-12-8-22(9-16(12)23)17(24)11-5-15-14(18-6-11)7-19-21(15)2/h3,5-7,12,16,23H,4,8-9H2,1-2H3/t12-,16-/m1/s1. The summed E-state index contributed by atoms with van der Waals surface area (Å²) in [7, 11) is 1.81. The van der Waals surface area contributed by atoms with Crippen molar-refractivity contribution in [2.24, 2.45) is 13.0 Å². The van der Waals surface area contributed by atoms with E-state index < -0.39 is 6.10 Å². The van der Waals surface area contributed by atoms with Crippen LogP contribution in [0.2, 0.25) is 0 Å². The average molecular weight is 341 g/mol. The number of hydrogen-bond acceptors (Lipinski definition) is 6. The maximum atomic E-state index is 12.8. The smallest absolute Gasteiger partial charge is 0.255 e. The highest BCUT2D eigenvalue weighted by Gasteiger charge is 2.35. The minimum Gasteiger partial charge on any atom is -0.391 e. The number of aromatic nitrogens is 4. The van der Waals surface area contributed by atoms with Gasteiger partial charge in [-0.15, -0.1) is 0 Å². The number of carbonyl (C=O) groups excluding carboxylic acids is 1. The molecule has 25 heavy (non-hydrogen) atoms. The number of carbonyl (C=O) groups is 1. The summed E-state index contributed by atoms with van der Waals surface area (Å²) in [5.41, 5.74) is 2.86. The summed E-state index contributed by atoms with van der Waals surface area (Å²) in [6.45, 7) is 2.64. The Morgan fingerprint density at radius 3 is 2.96 bits per heavy atom. The van der Waals surface area contributed by atoms with Gasteiger partial charge < -0.3 is 14.5 Å². The molecular weight excluding hydrogens is 322 g/mol. The van der Waals surface area contributed by atoms with Gasteiger partial charge in [0.2, 0.25) is 0 Å². The summed E-state index contributed by atoms with van der Waals surface area (Å²) in [4.78, 5) is 18.7. The maximum absolute atomic E-state index is 12.8. The summed E-state index contributed by atoms with van der Waals surface area (Å²) >= 11 is 0. The zero-order chi connectivity index (χ0) is 17.6. The number of β-amino-alcohol motifs (C(OH)–C–C–N with tert-alkyl or cyclic N) is 1. The second kappa shape index (κ2) is 5.96. The van der Waals surface area contributed by atoms with Crippen molar-refractivity contribution in [1.29, 1.82) is 0 Å². The summed E-state index contributed by atoms with van der Waals surface area (Å²) in [5.74, 6) is 0.532. The normalized spacial score (nSPS) is 20.5. The highest BCUT2D eigenvalue weighted by Crippen LogP contribution is 2.24. The minimum atomic E-state index is -0.581. The molecule has 130 valence electrons. The summed E-state index contributed by atoms with van der Waals surface area (Å²) in [6, 6.07) is 3.65. The first-order valence-electron chi connectivity index (χ1n) is 8.18. The molecule has 3 aromatic heterocycles. The van der Waals surface area contributed by atoms with E-state index in [0.29, 0.717) is 25.1 Å². The molecule has 8 nitrogen and oxygen atoms in total. The SMILES string of the molecule is Cc1cc(C[C@@H]2CN(C(=O)c3cnc4cnn(C)c4c3)C[C@H]2O)on1. The third kappa shape index (κ3) is 2.89. The second-order valence-electron chi connectivity index (χ2n) is 6.57. The van der Waals surface area contributed by atoms with E-state index in [2.05, 4.69) is 15.2 Å². The first-order chi connectivity index (χ1) is 12.0. The number of rotatable bonds is 3. The topological polar surface area (TPSA) is 97.3 Å². The quantitative estimate of drug-likeness (QED) is 0.761. The van der Waals surface area contributed by atoms with Gasteiger partial charge in [-0.05, 0) is 13.0 Å². The fourth-order valence-electron chi connectivity index (χ4n) is 3.32. The lowest BCUT2D eigenvalue weighted by Crippen LogP contribution is -2.29. The molecule has 0 aliphatic carbocycles. The van der Waals surface area contributed by atoms with E-state index in [1.54, 1.807) is 28.0 Å². The molecular formula is C17H19N5O3. The fourth-order valence-corrected chi connectivity index (χ4v) is 3.32. The Bertz CT molecular complexity index is 931. The van der Waals surface area contributed by atoms with Crippen molar-refractivity contribution >= 4 is 16.9 Å². The Kier molecular flexibility index (Phi) is 3.76. The molecule has 1 saturated heterocycles. The van der Waals surface area contributed by atoms with Crippen LogP contribution < -0.4 is 0 Å². The number of hydrogen-bond donors (Lipinski definition) is 1. The van der Waals surface area contributed by atoms with Crippen molar-refractivity contribution in [3.8, 4) is 0 Å². The van der Waals surface area contributed by atoms with Crippen LogP contribution in [0.5, 0.6) is 0 Å². The summed E-state index contributed by atoms with van der Waals surface area (Å²) < 4.78 is 6.91. The van der Waals surface area contributed by atoms with Gasteiger partial charge in [0.05, 0.1) is 29.1 Å². The molecule has 8 heteroatoms. The number of aryl methyl sites for hydroxylation is 2. The Labute approximate surface area is 144 Å². The predicted molar refractivity (Wildman–Crippen MR) is 88.9 cm³/mol. The number of aliphatic hydroxyl groups is 1. The van der Waals surface area contributed by atoms with Gasteiger partial charge in [0.1, 0.15) is 11.3 Å². The Morgan fingerprint density at radius 1 is 1.36 bits per heavy atom. The van der Waals surface area contributed by atoms with Crippen molar-refractivity contribution < 1.29 is 14.4 Å². The van der Waals surface area contributed by atoms with Crippen LogP contribution in [0.25, 0.3) is 11.0 Å². The van der Waals surface area contributed by atoms with E-state index in [1.165, 1.54) is 0 Å². The second-order valence-corrected chi connectivity index (χ2v) is 6.57. The van der Waals surface area contributed by atoms with Crippen LogP contribution in [0.4, 0.5) is 0 Å². The first-order valence-corrected chi connectivity index (χ1v) is 8.18. The number of pyridine rings is 1. The van der Waals surface area contributed by atoms with Crippen LogP contribution in [0.1, 0.15) is 21.8 Å². The monoisotopic (exact) mass is 341 g/mol. The van der Waals surface area contributed by atoms with Crippen LogP contribution in [0, 0.1) is 12.8 Å². The van der Waals surface area contributed by atoms with Gasteiger partial charge in [-0.3, -0.25) is 14.5 Å². The number of nitrogens with zero attached hydrogens (tertiary/aromatic N) is 5. The highest BCUT2D eigenvalue weighted by molar-refractivity contribution is 5.96. The molecule has 3 aromatic rings. The third-order valence-electron chi connectivity index (χ3n) is 4.68. The Balaban J connectivity index is 1.51. The number of fused-ring (bicyclic) bond motifs is 1.